The van der Waals surface area contributed by atoms with E-state index >= 15 is 0 Å². The third-order valence-electron chi connectivity index (χ3n) is 4.15. The lowest BCUT2D eigenvalue weighted by Crippen LogP contribution is -2.60. The van der Waals surface area contributed by atoms with E-state index in [4.69, 9.17) is 0 Å². The molecule has 1 saturated carbocycles. The summed E-state index contributed by atoms with van der Waals surface area (Å²) in [6.07, 6.45) is 2.25. The summed E-state index contributed by atoms with van der Waals surface area (Å²) < 4.78 is 0. The van der Waals surface area contributed by atoms with Crippen molar-refractivity contribution in [3.63, 3.8) is 0 Å². The van der Waals surface area contributed by atoms with Gasteiger partial charge in [0.25, 0.3) is 0 Å². The van der Waals surface area contributed by atoms with Gasteiger partial charge in [0.05, 0.1) is 0 Å². The van der Waals surface area contributed by atoms with Crippen LogP contribution >= 0.6 is 0 Å². The maximum absolute atomic E-state index is 11.3. The van der Waals surface area contributed by atoms with Gasteiger partial charge in [0.1, 0.15) is 6.04 Å². The van der Waals surface area contributed by atoms with Crippen molar-refractivity contribution in [2.24, 2.45) is 0 Å². The highest BCUT2D eigenvalue weighted by Crippen LogP contribution is 2.21. The van der Waals surface area contributed by atoms with Gasteiger partial charge in [0, 0.05) is 37.8 Å². The normalized spacial score (nSPS) is 27.1. The van der Waals surface area contributed by atoms with Crippen LogP contribution in [-0.4, -0.2) is 71.7 Å². The number of rotatable bonds is 5. The van der Waals surface area contributed by atoms with Gasteiger partial charge in [-0.2, -0.15) is 0 Å². The number of hydrogen-bond donors (Lipinski definition) is 2. The Morgan fingerprint density at radius 3 is 2.61 bits per heavy atom. The van der Waals surface area contributed by atoms with Crippen LogP contribution in [0, 0.1) is 0 Å². The number of likely N-dealkylation sites (N-methyl/N-ethyl adjacent to an activating group) is 1. The second-order valence-corrected chi connectivity index (χ2v) is 6.30. The number of carboxylic acid groups (broad SMARTS) is 1. The molecule has 1 aliphatic heterocycles. The molecule has 2 aliphatic rings. The van der Waals surface area contributed by atoms with Gasteiger partial charge in [0.15, 0.2) is 0 Å². The molecule has 2 N–H and O–H groups in total. The van der Waals surface area contributed by atoms with E-state index in [9.17, 15) is 9.90 Å². The highest BCUT2D eigenvalue weighted by Gasteiger charge is 2.34. The number of aliphatic carboxylic acids is 1. The van der Waals surface area contributed by atoms with Crippen LogP contribution in [0.1, 0.15) is 26.7 Å². The number of nitrogens with zero attached hydrogens (tertiary/aromatic N) is 2. The summed E-state index contributed by atoms with van der Waals surface area (Å²) in [4.78, 5) is 15.9. The summed E-state index contributed by atoms with van der Waals surface area (Å²) in [5, 5.41) is 12.5. The first-order chi connectivity index (χ1) is 8.38. The molecule has 1 saturated heterocycles. The highest BCUT2D eigenvalue weighted by atomic mass is 16.4. The van der Waals surface area contributed by atoms with Crippen molar-refractivity contribution < 1.29 is 9.90 Å². The molecule has 1 aliphatic carbocycles. The molecule has 18 heavy (non-hydrogen) atoms. The van der Waals surface area contributed by atoms with Crippen LogP contribution in [0.3, 0.4) is 0 Å². The van der Waals surface area contributed by atoms with Crippen molar-refractivity contribution in [1.29, 1.82) is 0 Å². The van der Waals surface area contributed by atoms with Crippen LogP contribution in [0.4, 0.5) is 0 Å². The van der Waals surface area contributed by atoms with Crippen molar-refractivity contribution in [3.05, 3.63) is 0 Å². The molecule has 0 aromatic heterocycles. The van der Waals surface area contributed by atoms with E-state index in [1.807, 2.05) is 0 Å². The Morgan fingerprint density at radius 1 is 1.44 bits per heavy atom. The van der Waals surface area contributed by atoms with E-state index in [1.165, 1.54) is 0 Å². The molecule has 2 rings (SSSR count). The van der Waals surface area contributed by atoms with Crippen LogP contribution in [0.5, 0.6) is 0 Å². The summed E-state index contributed by atoms with van der Waals surface area (Å²) in [7, 11) is 2.13. The van der Waals surface area contributed by atoms with E-state index in [2.05, 4.69) is 36.0 Å². The second kappa shape index (κ2) is 5.15. The largest absolute Gasteiger partial charge is 0.480 e. The monoisotopic (exact) mass is 255 g/mol. The Labute approximate surface area is 109 Å². The van der Waals surface area contributed by atoms with E-state index in [-0.39, 0.29) is 5.54 Å². The maximum Gasteiger partial charge on any atom is 0.322 e. The molecule has 104 valence electrons. The average Bonchev–Trinajstić information content (AvgIpc) is 3.06. The third-order valence-corrected chi connectivity index (χ3v) is 4.15. The number of carbonyl (C=O) groups is 1. The van der Waals surface area contributed by atoms with Gasteiger partial charge in [0.2, 0.25) is 0 Å². The van der Waals surface area contributed by atoms with Gasteiger partial charge < -0.3 is 10.4 Å². The van der Waals surface area contributed by atoms with Gasteiger partial charge in [-0.1, -0.05) is 0 Å². The highest BCUT2D eigenvalue weighted by molar-refractivity contribution is 5.73. The Balaban J connectivity index is 1.88. The van der Waals surface area contributed by atoms with E-state index in [0.29, 0.717) is 12.6 Å². The summed E-state index contributed by atoms with van der Waals surface area (Å²) in [6.45, 7) is 7.92. The van der Waals surface area contributed by atoms with Crippen LogP contribution in [0.15, 0.2) is 0 Å². The van der Waals surface area contributed by atoms with Crippen LogP contribution < -0.4 is 5.32 Å². The smallest absolute Gasteiger partial charge is 0.322 e. The lowest BCUT2D eigenvalue weighted by atomic mass is 9.99. The molecule has 0 spiro atoms. The quantitative estimate of drug-likeness (QED) is 0.736. The van der Waals surface area contributed by atoms with Crippen LogP contribution in [-0.2, 0) is 4.79 Å². The summed E-state index contributed by atoms with van der Waals surface area (Å²) in [5.41, 5.74) is 0.126. The van der Waals surface area contributed by atoms with Crippen molar-refractivity contribution in [2.75, 3.05) is 33.2 Å². The van der Waals surface area contributed by atoms with Gasteiger partial charge in [-0.3, -0.25) is 14.6 Å². The molecule has 5 heteroatoms. The molecule has 0 bridgehead atoms. The fourth-order valence-corrected chi connectivity index (χ4v) is 2.49. The average molecular weight is 255 g/mol. The van der Waals surface area contributed by atoms with Gasteiger partial charge >= 0.3 is 5.97 Å². The third kappa shape index (κ3) is 3.43. The minimum Gasteiger partial charge on any atom is -0.480 e. The molecule has 2 fully saturated rings. The summed E-state index contributed by atoms with van der Waals surface area (Å²) in [5.74, 6) is -0.723. The molecule has 0 radical (unpaired) electrons. The van der Waals surface area contributed by atoms with Gasteiger partial charge in [-0.25, -0.2) is 0 Å². The summed E-state index contributed by atoms with van der Waals surface area (Å²) in [6, 6.07) is 0.0169. The zero-order valence-electron chi connectivity index (χ0n) is 11.6. The number of hydrogen-bond acceptors (Lipinski definition) is 4. The Bertz CT molecular complexity index is 315. The molecular formula is C13H25N3O2. The number of nitrogens with one attached hydrogen (secondary N) is 1. The zero-order chi connectivity index (χ0) is 13.3. The first-order valence-corrected chi connectivity index (χ1v) is 6.81. The van der Waals surface area contributed by atoms with E-state index < -0.39 is 12.0 Å². The van der Waals surface area contributed by atoms with E-state index in [0.717, 1.165) is 32.5 Å². The molecular weight excluding hydrogens is 230 g/mol. The molecule has 1 atom stereocenters. The maximum atomic E-state index is 11.3. The lowest BCUT2D eigenvalue weighted by molar-refractivity contribution is -0.140. The molecule has 0 aromatic carbocycles. The predicted octanol–water partition coefficient (Wildman–Crippen LogP) is 0.218. The lowest BCUT2D eigenvalue weighted by Gasteiger charge is -2.46. The first-order valence-electron chi connectivity index (χ1n) is 6.81. The van der Waals surface area contributed by atoms with Crippen LogP contribution in [0.25, 0.3) is 0 Å². The Morgan fingerprint density at radius 2 is 2.11 bits per heavy atom. The standard InChI is InChI=1S/C13H25N3O2/c1-13(2)9-16(7-6-15(13)3)8-11(12(17)18)14-10-4-5-10/h10-11,14H,4-9H2,1-3H3,(H,17,18). The van der Waals surface area contributed by atoms with Crippen LogP contribution in [0.2, 0.25) is 0 Å². The minimum absolute atomic E-state index is 0.126. The summed E-state index contributed by atoms with van der Waals surface area (Å²) >= 11 is 0. The molecule has 0 amide bonds. The molecule has 0 aromatic rings. The fourth-order valence-electron chi connectivity index (χ4n) is 2.49. The van der Waals surface area contributed by atoms with Crippen molar-refractivity contribution in [1.82, 2.24) is 15.1 Å². The second-order valence-electron chi connectivity index (χ2n) is 6.30. The SMILES string of the molecule is CN1CCN(CC(NC2CC2)C(=O)O)CC1(C)C. The Kier molecular flexibility index (Phi) is 3.94. The Hall–Kier alpha value is -0.650. The molecule has 5 nitrogen and oxygen atoms in total. The first kappa shape index (κ1) is 13.8. The minimum atomic E-state index is -0.723. The predicted molar refractivity (Wildman–Crippen MR) is 70.7 cm³/mol. The number of carboxylic acids is 1. The van der Waals surface area contributed by atoms with Gasteiger partial charge in [-0.15, -0.1) is 0 Å². The van der Waals surface area contributed by atoms with E-state index in [1.54, 1.807) is 0 Å². The van der Waals surface area contributed by atoms with Crippen molar-refractivity contribution in [2.45, 2.75) is 44.3 Å². The van der Waals surface area contributed by atoms with Gasteiger partial charge in [-0.05, 0) is 33.7 Å². The number of piperazine rings is 1. The molecule has 1 unspecified atom stereocenters. The fraction of sp³-hybridized carbons (Fsp3) is 0.923. The zero-order valence-corrected chi connectivity index (χ0v) is 11.6. The van der Waals surface area contributed by atoms with Crippen molar-refractivity contribution in [3.8, 4) is 0 Å². The molecule has 1 heterocycles. The van der Waals surface area contributed by atoms with Crippen molar-refractivity contribution >= 4 is 5.97 Å². The topological polar surface area (TPSA) is 55.8 Å².